The minimum atomic E-state index is -0.0311. The van der Waals surface area contributed by atoms with Crippen LogP contribution >= 0.6 is 11.6 Å². The fourth-order valence-electron chi connectivity index (χ4n) is 1.33. The van der Waals surface area contributed by atoms with Crippen LogP contribution in [0.1, 0.15) is 0 Å². The Labute approximate surface area is 113 Å². The van der Waals surface area contributed by atoms with Crippen molar-refractivity contribution in [2.45, 2.75) is 0 Å². The Kier molecular flexibility index (Phi) is 3.86. The smallest absolute Gasteiger partial charge is 0.256 e. The van der Waals surface area contributed by atoms with E-state index in [4.69, 9.17) is 22.1 Å². The fraction of sp³-hybridized carbons (Fsp3) is 0.200. The summed E-state index contributed by atoms with van der Waals surface area (Å²) in [5.74, 6) is 0.384. The van der Waals surface area contributed by atoms with Crippen molar-refractivity contribution in [3.63, 3.8) is 0 Å². The molecule has 0 radical (unpaired) electrons. The second kappa shape index (κ2) is 5.76. The number of aromatic nitrogens is 5. The van der Waals surface area contributed by atoms with Crippen molar-refractivity contribution in [3.8, 4) is 18.1 Å². The maximum Gasteiger partial charge on any atom is 0.256 e. The van der Waals surface area contributed by atoms with Crippen LogP contribution in [0.15, 0.2) is 18.5 Å². The van der Waals surface area contributed by atoms with E-state index in [9.17, 15) is 0 Å². The zero-order valence-corrected chi connectivity index (χ0v) is 10.4. The summed E-state index contributed by atoms with van der Waals surface area (Å²) in [4.78, 5) is 13.4. The van der Waals surface area contributed by atoms with E-state index in [0.29, 0.717) is 0 Å². The molecular weight excluding hydrogens is 268 g/mol. The lowest BCUT2D eigenvalue weighted by atomic mass is 10.5. The van der Waals surface area contributed by atoms with Gasteiger partial charge < -0.3 is 4.90 Å². The largest absolute Gasteiger partial charge is 0.314 e. The summed E-state index contributed by atoms with van der Waals surface area (Å²) < 4.78 is 1.41. The minimum absolute atomic E-state index is 0.0214. The third-order valence-corrected chi connectivity index (χ3v) is 2.27. The predicted octanol–water partition coefficient (Wildman–Crippen LogP) is 0.564. The van der Waals surface area contributed by atoms with Crippen LogP contribution in [-0.2, 0) is 0 Å². The lowest BCUT2D eigenvalue weighted by molar-refractivity contribution is 0.778. The van der Waals surface area contributed by atoms with Gasteiger partial charge in [-0.3, -0.25) is 0 Å². The topological polar surface area (TPSA) is 107 Å². The van der Waals surface area contributed by atoms with Crippen molar-refractivity contribution in [1.29, 1.82) is 10.5 Å². The zero-order valence-electron chi connectivity index (χ0n) is 9.60. The second-order valence-electron chi connectivity index (χ2n) is 3.33. The molecule has 2 aromatic rings. The van der Waals surface area contributed by atoms with Crippen LogP contribution < -0.4 is 4.90 Å². The van der Waals surface area contributed by atoms with E-state index in [-0.39, 0.29) is 30.3 Å². The van der Waals surface area contributed by atoms with Gasteiger partial charge in [-0.25, -0.2) is 4.68 Å². The maximum atomic E-state index is 8.72. The molecule has 2 heterocycles. The van der Waals surface area contributed by atoms with Gasteiger partial charge in [-0.1, -0.05) is 0 Å². The van der Waals surface area contributed by atoms with Gasteiger partial charge >= 0.3 is 0 Å². The Bertz CT molecular complexity index is 623. The highest BCUT2D eigenvalue weighted by Crippen LogP contribution is 2.12. The first-order chi connectivity index (χ1) is 9.24. The summed E-state index contributed by atoms with van der Waals surface area (Å²) in [6.07, 6.45) is 3.22. The number of anilines is 1. The zero-order chi connectivity index (χ0) is 13.7. The van der Waals surface area contributed by atoms with Gasteiger partial charge in [-0.15, -0.1) is 0 Å². The van der Waals surface area contributed by atoms with E-state index in [1.165, 1.54) is 9.58 Å². The summed E-state index contributed by atoms with van der Waals surface area (Å²) in [6, 6.07) is 5.58. The molecule has 0 aliphatic carbocycles. The summed E-state index contributed by atoms with van der Waals surface area (Å²) in [6.45, 7) is -0.0428. The molecule has 0 saturated carbocycles. The molecule has 0 atom stereocenters. The number of rotatable bonds is 4. The molecule has 0 saturated heterocycles. The molecule has 0 spiro atoms. The van der Waals surface area contributed by atoms with Crippen molar-refractivity contribution in [1.82, 2.24) is 24.7 Å². The summed E-state index contributed by atoms with van der Waals surface area (Å²) in [5.41, 5.74) is 0. The molecule has 2 aromatic heterocycles. The Morgan fingerprint density at radius 1 is 1.21 bits per heavy atom. The molecule has 0 aromatic carbocycles. The number of nitriles is 2. The molecule has 94 valence electrons. The first-order valence-electron chi connectivity index (χ1n) is 5.15. The average Bonchev–Trinajstić information content (AvgIpc) is 2.91. The van der Waals surface area contributed by atoms with Gasteiger partial charge in [0.05, 0.1) is 12.1 Å². The third-order valence-electron chi connectivity index (χ3n) is 2.10. The first-order valence-corrected chi connectivity index (χ1v) is 5.53. The van der Waals surface area contributed by atoms with E-state index in [2.05, 4.69) is 20.1 Å². The van der Waals surface area contributed by atoms with Gasteiger partial charge in [0, 0.05) is 12.4 Å². The lowest BCUT2D eigenvalue weighted by Crippen LogP contribution is -2.26. The van der Waals surface area contributed by atoms with E-state index < -0.39 is 0 Å². The van der Waals surface area contributed by atoms with E-state index in [0.717, 1.165) is 0 Å². The van der Waals surface area contributed by atoms with Gasteiger partial charge in [0.1, 0.15) is 13.1 Å². The molecule has 0 unspecified atom stereocenters. The average molecular weight is 275 g/mol. The van der Waals surface area contributed by atoms with Crippen LogP contribution in [0.25, 0.3) is 5.95 Å². The predicted molar refractivity (Wildman–Crippen MR) is 65.4 cm³/mol. The Balaban J connectivity index is 2.41. The van der Waals surface area contributed by atoms with E-state index in [1.807, 2.05) is 12.1 Å². The van der Waals surface area contributed by atoms with Gasteiger partial charge in [0.15, 0.2) is 0 Å². The number of hydrogen-bond donors (Lipinski definition) is 0. The molecule has 0 N–H and O–H groups in total. The van der Waals surface area contributed by atoms with Crippen molar-refractivity contribution in [2.24, 2.45) is 0 Å². The molecule has 2 rings (SSSR count). The molecule has 0 aliphatic rings. The quantitative estimate of drug-likeness (QED) is 0.750. The highest BCUT2D eigenvalue weighted by atomic mass is 35.5. The second-order valence-corrected chi connectivity index (χ2v) is 3.67. The highest BCUT2D eigenvalue weighted by Gasteiger charge is 2.13. The summed E-state index contributed by atoms with van der Waals surface area (Å²) in [5, 5.41) is 21.4. The highest BCUT2D eigenvalue weighted by molar-refractivity contribution is 6.28. The Morgan fingerprint density at radius 3 is 2.53 bits per heavy atom. The van der Waals surface area contributed by atoms with Gasteiger partial charge in [-0.2, -0.15) is 30.6 Å². The normalized spacial score (nSPS) is 9.63. The van der Waals surface area contributed by atoms with Gasteiger partial charge in [-0.05, 0) is 17.7 Å². The number of hydrogen-bond acceptors (Lipinski definition) is 7. The molecule has 19 heavy (non-hydrogen) atoms. The van der Waals surface area contributed by atoms with E-state index >= 15 is 0 Å². The first kappa shape index (κ1) is 12.7. The lowest BCUT2D eigenvalue weighted by Gasteiger charge is -2.15. The minimum Gasteiger partial charge on any atom is -0.314 e. The molecule has 8 nitrogen and oxygen atoms in total. The van der Waals surface area contributed by atoms with Crippen molar-refractivity contribution in [2.75, 3.05) is 18.0 Å². The van der Waals surface area contributed by atoms with Gasteiger partial charge in [0.2, 0.25) is 11.2 Å². The molecule has 0 bridgehead atoms. The van der Waals surface area contributed by atoms with Crippen LogP contribution in [0.4, 0.5) is 5.95 Å². The van der Waals surface area contributed by atoms with Crippen LogP contribution in [0.3, 0.4) is 0 Å². The van der Waals surface area contributed by atoms with Crippen LogP contribution in [0.2, 0.25) is 5.28 Å². The summed E-state index contributed by atoms with van der Waals surface area (Å²) in [7, 11) is 0. The number of nitrogens with zero attached hydrogens (tertiary/aromatic N) is 8. The Hall–Kier alpha value is -2.71. The number of halogens is 1. The van der Waals surface area contributed by atoms with Crippen LogP contribution in [-0.4, -0.2) is 37.8 Å². The monoisotopic (exact) mass is 274 g/mol. The summed E-state index contributed by atoms with van der Waals surface area (Å²) >= 11 is 5.82. The molecule has 0 aliphatic heterocycles. The van der Waals surface area contributed by atoms with Crippen molar-refractivity contribution >= 4 is 17.5 Å². The molecule has 9 heteroatoms. The van der Waals surface area contributed by atoms with Crippen LogP contribution in [0, 0.1) is 22.7 Å². The Morgan fingerprint density at radius 2 is 1.95 bits per heavy atom. The maximum absolute atomic E-state index is 8.72. The van der Waals surface area contributed by atoms with Crippen LogP contribution in [0.5, 0.6) is 0 Å². The third kappa shape index (κ3) is 2.94. The molecule has 0 amide bonds. The van der Waals surface area contributed by atoms with Crippen molar-refractivity contribution in [3.05, 3.63) is 23.7 Å². The van der Waals surface area contributed by atoms with Crippen molar-refractivity contribution < 1.29 is 0 Å². The molecule has 0 fully saturated rings. The molecular formula is C10H7ClN8. The van der Waals surface area contributed by atoms with E-state index in [1.54, 1.807) is 18.5 Å². The van der Waals surface area contributed by atoms with Gasteiger partial charge in [0.25, 0.3) is 5.95 Å². The standard InChI is InChI=1S/C10H7ClN8/c11-8-15-9(18(6-2-12)7-3-13)17-10(16-8)19-5-1-4-14-19/h1,4-5H,6-7H2. The fourth-order valence-corrected chi connectivity index (χ4v) is 1.48. The SMILES string of the molecule is N#CCN(CC#N)c1nc(Cl)nc(-n2cccn2)n1.